The number of carbonyl (C=O) groups is 2. The average molecular weight is 319 g/mol. The van der Waals surface area contributed by atoms with Gasteiger partial charge in [-0.15, -0.1) is 11.3 Å². The third kappa shape index (κ3) is 3.88. The van der Waals surface area contributed by atoms with Crippen molar-refractivity contribution in [2.45, 2.75) is 19.3 Å². The van der Waals surface area contributed by atoms with E-state index in [1.165, 1.54) is 29.5 Å². The SMILES string of the molecule is O=C(Cc1csc(NC(=O)C2CC2)n1)Nc1cccc(F)c1. The van der Waals surface area contributed by atoms with E-state index in [4.69, 9.17) is 0 Å². The Labute approximate surface area is 130 Å². The molecule has 2 aromatic rings. The molecule has 0 unspecified atom stereocenters. The number of thiazole rings is 1. The summed E-state index contributed by atoms with van der Waals surface area (Å²) in [7, 11) is 0. The van der Waals surface area contributed by atoms with Crippen molar-refractivity contribution in [3.8, 4) is 0 Å². The van der Waals surface area contributed by atoms with Crippen LogP contribution in [0.3, 0.4) is 0 Å². The van der Waals surface area contributed by atoms with Gasteiger partial charge in [0.15, 0.2) is 5.13 Å². The molecule has 0 atom stereocenters. The zero-order valence-corrected chi connectivity index (χ0v) is 12.5. The van der Waals surface area contributed by atoms with Crippen molar-refractivity contribution in [2.24, 2.45) is 5.92 Å². The van der Waals surface area contributed by atoms with Crippen LogP contribution in [0.1, 0.15) is 18.5 Å². The minimum Gasteiger partial charge on any atom is -0.326 e. The van der Waals surface area contributed by atoms with Gasteiger partial charge >= 0.3 is 0 Å². The minimum absolute atomic E-state index is 0.00916. The van der Waals surface area contributed by atoms with Crippen molar-refractivity contribution < 1.29 is 14.0 Å². The number of amides is 2. The second-order valence-corrected chi connectivity index (χ2v) is 6.00. The molecule has 1 saturated carbocycles. The van der Waals surface area contributed by atoms with Crippen LogP contribution < -0.4 is 10.6 Å². The van der Waals surface area contributed by atoms with E-state index in [0.717, 1.165) is 12.8 Å². The summed E-state index contributed by atoms with van der Waals surface area (Å²) in [6.45, 7) is 0. The Morgan fingerprint density at radius 3 is 2.86 bits per heavy atom. The van der Waals surface area contributed by atoms with Crippen LogP contribution in [0.15, 0.2) is 29.6 Å². The number of carbonyl (C=O) groups excluding carboxylic acids is 2. The predicted octanol–water partition coefficient (Wildman–Crippen LogP) is 2.81. The van der Waals surface area contributed by atoms with Crippen LogP contribution in [-0.2, 0) is 16.0 Å². The molecular weight excluding hydrogens is 305 g/mol. The zero-order valence-electron chi connectivity index (χ0n) is 11.6. The lowest BCUT2D eigenvalue weighted by Gasteiger charge is -2.03. The van der Waals surface area contributed by atoms with Gasteiger partial charge in [-0.05, 0) is 31.0 Å². The van der Waals surface area contributed by atoms with Crippen molar-refractivity contribution >= 4 is 34.0 Å². The van der Waals surface area contributed by atoms with Crippen LogP contribution in [-0.4, -0.2) is 16.8 Å². The monoisotopic (exact) mass is 319 g/mol. The molecular formula is C15H14FN3O2S. The fourth-order valence-corrected chi connectivity index (χ4v) is 2.65. The summed E-state index contributed by atoms with van der Waals surface area (Å²) in [4.78, 5) is 27.7. The summed E-state index contributed by atoms with van der Waals surface area (Å²) in [6.07, 6.45) is 1.94. The Bertz CT molecular complexity index is 712. The van der Waals surface area contributed by atoms with Crippen LogP contribution in [0.4, 0.5) is 15.2 Å². The van der Waals surface area contributed by atoms with E-state index in [2.05, 4.69) is 15.6 Å². The Kier molecular flexibility index (Phi) is 4.15. The molecule has 7 heteroatoms. The molecule has 114 valence electrons. The molecule has 1 heterocycles. The smallest absolute Gasteiger partial charge is 0.230 e. The normalized spacial score (nSPS) is 13.7. The molecule has 0 aliphatic heterocycles. The largest absolute Gasteiger partial charge is 0.326 e. The van der Waals surface area contributed by atoms with Crippen molar-refractivity contribution in [2.75, 3.05) is 10.6 Å². The Hall–Kier alpha value is -2.28. The lowest BCUT2D eigenvalue weighted by atomic mass is 10.3. The van der Waals surface area contributed by atoms with Gasteiger partial charge in [0.2, 0.25) is 11.8 Å². The van der Waals surface area contributed by atoms with Gasteiger partial charge in [-0.3, -0.25) is 9.59 Å². The summed E-state index contributed by atoms with van der Waals surface area (Å²) in [5.41, 5.74) is 0.979. The Morgan fingerprint density at radius 2 is 2.14 bits per heavy atom. The molecule has 2 N–H and O–H groups in total. The number of aromatic nitrogens is 1. The van der Waals surface area contributed by atoms with Gasteiger partial charge in [-0.1, -0.05) is 6.07 Å². The van der Waals surface area contributed by atoms with Crippen molar-refractivity contribution in [3.05, 3.63) is 41.2 Å². The summed E-state index contributed by atoms with van der Waals surface area (Å²) in [5, 5.41) is 7.58. The molecule has 1 aromatic carbocycles. The molecule has 1 aliphatic carbocycles. The molecule has 0 bridgehead atoms. The maximum Gasteiger partial charge on any atom is 0.230 e. The van der Waals surface area contributed by atoms with Gasteiger partial charge < -0.3 is 10.6 Å². The fourth-order valence-electron chi connectivity index (χ4n) is 1.93. The van der Waals surface area contributed by atoms with Crippen molar-refractivity contribution in [1.82, 2.24) is 4.98 Å². The highest BCUT2D eigenvalue weighted by Crippen LogP contribution is 2.30. The molecule has 2 amide bonds. The van der Waals surface area contributed by atoms with E-state index < -0.39 is 5.82 Å². The van der Waals surface area contributed by atoms with E-state index in [0.29, 0.717) is 16.5 Å². The molecule has 0 radical (unpaired) electrons. The molecule has 1 aliphatic rings. The predicted molar refractivity (Wildman–Crippen MR) is 82.2 cm³/mol. The van der Waals surface area contributed by atoms with Crippen LogP contribution >= 0.6 is 11.3 Å². The number of benzene rings is 1. The van der Waals surface area contributed by atoms with Crippen LogP contribution in [0.5, 0.6) is 0 Å². The molecule has 0 spiro atoms. The minimum atomic E-state index is -0.406. The third-order valence-corrected chi connectivity index (χ3v) is 3.99. The first-order valence-corrected chi connectivity index (χ1v) is 7.79. The molecule has 22 heavy (non-hydrogen) atoms. The lowest BCUT2D eigenvalue weighted by Crippen LogP contribution is -2.15. The topological polar surface area (TPSA) is 71.1 Å². The van der Waals surface area contributed by atoms with Gasteiger partial charge in [0.25, 0.3) is 0 Å². The van der Waals surface area contributed by atoms with Crippen LogP contribution in [0.2, 0.25) is 0 Å². The molecule has 1 aromatic heterocycles. The van der Waals surface area contributed by atoms with Crippen LogP contribution in [0.25, 0.3) is 0 Å². The number of nitrogens with zero attached hydrogens (tertiary/aromatic N) is 1. The van der Waals surface area contributed by atoms with E-state index in [9.17, 15) is 14.0 Å². The summed E-state index contributed by atoms with van der Waals surface area (Å²) < 4.78 is 13.0. The number of hydrogen-bond donors (Lipinski definition) is 2. The quantitative estimate of drug-likeness (QED) is 0.890. The lowest BCUT2D eigenvalue weighted by molar-refractivity contribution is -0.117. The Morgan fingerprint density at radius 1 is 1.32 bits per heavy atom. The average Bonchev–Trinajstić information content (AvgIpc) is 3.22. The van der Waals surface area contributed by atoms with E-state index in [-0.39, 0.29) is 24.2 Å². The highest BCUT2D eigenvalue weighted by Gasteiger charge is 2.30. The van der Waals surface area contributed by atoms with Gasteiger partial charge in [-0.25, -0.2) is 9.37 Å². The van der Waals surface area contributed by atoms with Gasteiger partial charge in [-0.2, -0.15) is 0 Å². The number of hydrogen-bond acceptors (Lipinski definition) is 4. The van der Waals surface area contributed by atoms with Gasteiger partial charge in [0.1, 0.15) is 5.82 Å². The first-order valence-electron chi connectivity index (χ1n) is 6.91. The van der Waals surface area contributed by atoms with E-state index in [1.807, 2.05) is 0 Å². The highest BCUT2D eigenvalue weighted by molar-refractivity contribution is 7.13. The molecule has 5 nitrogen and oxygen atoms in total. The van der Waals surface area contributed by atoms with Crippen molar-refractivity contribution in [3.63, 3.8) is 0 Å². The number of rotatable bonds is 5. The number of halogens is 1. The Balaban J connectivity index is 1.55. The maximum atomic E-state index is 13.0. The van der Waals surface area contributed by atoms with Crippen molar-refractivity contribution in [1.29, 1.82) is 0 Å². The first-order chi connectivity index (χ1) is 10.6. The standard InChI is InChI=1S/C15H14FN3O2S/c16-10-2-1-3-11(6-10)17-13(20)7-12-8-22-15(18-12)19-14(21)9-4-5-9/h1-3,6,8-9H,4-5,7H2,(H,17,20)(H,18,19,21). The second kappa shape index (κ2) is 6.23. The molecule has 1 fully saturated rings. The number of anilines is 2. The third-order valence-electron chi connectivity index (χ3n) is 3.18. The molecule has 0 saturated heterocycles. The summed E-state index contributed by atoms with van der Waals surface area (Å²) in [6, 6.07) is 5.70. The van der Waals surface area contributed by atoms with Crippen LogP contribution in [0, 0.1) is 11.7 Å². The van der Waals surface area contributed by atoms with Gasteiger partial charge in [0.05, 0.1) is 12.1 Å². The summed E-state index contributed by atoms with van der Waals surface area (Å²) in [5.74, 6) is -0.582. The highest BCUT2D eigenvalue weighted by atomic mass is 32.1. The van der Waals surface area contributed by atoms with E-state index >= 15 is 0 Å². The maximum absolute atomic E-state index is 13.0. The zero-order chi connectivity index (χ0) is 15.5. The first kappa shape index (κ1) is 14.6. The number of nitrogens with one attached hydrogen (secondary N) is 2. The fraction of sp³-hybridized carbons (Fsp3) is 0.267. The van der Waals surface area contributed by atoms with E-state index in [1.54, 1.807) is 11.4 Å². The summed E-state index contributed by atoms with van der Waals surface area (Å²) >= 11 is 1.29. The molecule has 3 rings (SSSR count). The second-order valence-electron chi connectivity index (χ2n) is 5.14. The van der Waals surface area contributed by atoms with Gasteiger partial charge in [0, 0.05) is 17.0 Å².